The number of carbonyl (C=O) groups excluding carboxylic acids is 1. The van der Waals surface area contributed by atoms with Crippen LogP contribution >= 0.6 is 11.8 Å². The van der Waals surface area contributed by atoms with E-state index < -0.39 is 0 Å². The molecule has 1 aromatic carbocycles. The summed E-state index contributed by atoms with van der Waals surface area (Å²) in [6.07, 6.45) is 2.40. The summed E-state index contributed by atoms with van der Waals surface area (Å²) in [5.41, 5.74) is 3.34. The molecule has 29 heavy (non-hydrogen) atoms. The summed E-state index contributed by atoms with van der Waals surface area (Å²) in [7, 11) is 1.70. The third-order valence-electron chi connectivity index (χ3n) is 5.56. The number of hydrogen-bond donors (Lipinski definition) is 0. The van der Waals surface area contributed by atoms with Gasteiger partial charge in [0.25, 0.3) is 5.56 Å². The van der Waals surface area contributed by atoms with Crippen LogP contribution < -0.4 is 5.56 Å². The van der Waals surface area contributed by atoms with Crippen LogP contribution in [-0.2, 0) is 18.3 Å². The molecule has 0 N–H and O–H groups in total. The van der Waals surface area contributed by atoms with Gasteiger partial charge in [0.05, 0.1) is 22.8 Å². The summed E-state index contributed by atoms with van der Waals surface area (Å²) in [6, 6.07) is 9.24. The van der Waals surface area contributed by atoms with Gasteiger partial charge in [-0.1, -0.05) is 23.9 Å². The van der Waals surface area contributed by atoms with Crippen molar-refractivity contribution in [3.8, 4) is 0 Å². The van der Waals surface area contributed by atoms with E-state index in [0.717, 1.165) is 42.9 Å². The number of para-hydroxylation sites is 1. The molecule has 2 aromatic heterocycles. The predicted molar refractivity (Wildman–Crippen MR) is 115 cm³/mol. The molecule has 3 heterocycles. The minimum Gasteiger partial charge on any atom is -0.376 e. The zero-order valence-corrected chi connectivity index (χ0v) is 17.8. The second-order valence-corrected chi connectivity index (χ2v) is 8.46. The first-order chi connectivity index (χ1) is 14.0. The van der Waals surface area contributed by atoms with Crippen LogP contribution in [0.15, 0.2) is 40.3 Å². The van der Waals surface area contributed by atoms with E-state index in [4.69, 9.17) is 4.74 Å². The van der Waals surface area contributed by atoms with Crippen LogP contribution in [0.3, 0.4) is 0 Å². The van der Waals surface area contributed by atoms with Gasteiger partial charge < -0.3 is 9.30 Å². The van der Waals surface area contributed by atoms with Crippen molar-refractivity contribution in [3.05, 3.63) is 57.6 Å². The monoisotopic (exact) mass is 411 g/mol. The zero-order chi connectivity index (χ0) is 20.5. The van der Waals surface area contributed by atoms with E-state index >= 15 is 0 Å². The Morgan fingerprint density at radius 3 is 2.86 bits per heavy atom. The van der Waals surface area contributed by atoms with E-state index in [0.29, 0.717) is 16.1 Å². The Labute approximate surface area is 173 Å². The molecule has 3 aromatic rings. The average Bonchev–Trinajstić information content (AvgIpc) is 3.33. The van der Waals surface area contributed by atoms with E-state index in [2.05, 4.69) is 9.55 Å². The molecule has 152 valence electrons. The average molecular weight is 412 g/mol. The molecule has 4 rings (SSSR count). The molecule has 1 atom stereocenters. The number of ketones is 1. The van der Waals surface area contributed by atoms with Crippen LogP contribution in [0.25, 0.3) is 10.9 Å². The van der Waals surface area contributed by atoms with Gasteiger partial charge in [0, 0.05) is 37.2 Å². The van der Waals surface area contributed by atoms with Crippen molar-refractivity contribution >= 4 is 28.4 Å². The van der Waals surface area contributed by atoms with Crippen molar-refractivity contribution in [1.29, 1.82) is 0 Å². The number of rotatable bonds is 6. The number of fused-ring (bicyclic) bond motifs is 1. The number of hydrogen-bond acceptors (Lipinski definition) is 5. The van der Waals surface area contributed by atoms with Crippen molar-refractivity contribution in [3.63, 3.8) is 0 Å². The smallest absolute Gasteiger partial charge is 0.261 e. The summed E-state index contributed by atoms with van der Waals surface area (Å²) in [6.45, 7) is 5.63. The van der Waals surface area contributed by atoms with Gasteiger partial charge in [-0.25, -0.2) is 4.98 Å². The summed E-state index contributed by atoms with van der Waals surface area (Å²) >= 11 is 1.30. The molecule has 1 aliphatic heterocycles. The lowest BCUT2D eigenvalue weighted by molar-refractivity contribution is 0.0957. The zero-order valence-electron chi connectivity index (χ0n) is 17.0. The van der Waals surface area contributed by atoms with Gasteiger partial charge in [0.1, 0.15) is 0 Å². The van der Waals surface area contributed by atoms with Crippen LogP contribution in [0.5, 0.6) is 0 Å². The Kier molecular flexibility index (Phi) is 5.61. The Balaban J connectivity index is 1.52. The highest BCUT2D eigenvalue weighted by Crippen LogP contribution is 2.23. The lowest BCUT2D eigenvalue weighted by atomic mass is 10.2. The first-order valence-electron chi connectivity index (χ1n) is 9.86. The van der Waals surface area contributed by atoms with E-state index in [1.54, 1.807) is 13.1 Å². The third-order valence-corrected chi connectivity index (χ3v) is 6.59. The van der Waals surface area contributed by atoms with Gasteiger partial charge in [-0.15, -0.1) is 0 Å². The van der Waals surface area contributed by atoms with Gasteiger partial charge in [-0.2, -0.15) is 0 Å². The predicted octanol–water partition coefficient (Wildman–Crippen LogP) is 3.51. The molecule has 0 saturated carbocycles. The molecule has 0 aliphatic carbocycles. The second kappa shape index (κ2) is 8.16. The summed E-state index contributed by atoms with van der Waals surface area (Å²) in [5, 5.41) is 1.14. The fourth-order valence-corrected chi connectivity index (χ4v) is 4.75. The summed E-state index contributed by atoms with van der Waals surface area (Å²) < 4.78 is 9.44. The van der Waals surface area contributed by atoms with Crippen LogP contribution in [0, 0.1) is 13.8 Å². The number of thioether (sulfide) groups is 1. The van der Waals surface area contributed by atoms with Crippen molar-refractivity contribution in [2.24, 2.45) is 7.05 Å². The molecular weight excluding hydrogens is 386 g/mol. The maximum absolute atomic E-state index is 12.9. The molecule has 6 nitrogen and oxygen atoms in total. The van der Waals surface area contributed by atoms with Crippen LogP contribution in [0.4, 0.5) is 0 Å². The Bertz CT molecular complexity index is 1130. The Morgan fingerprint density at radius 1 is 1.31 bits per heavy atom. The lowest BCUT2D eigenvalue weighted by Gasteiger charge is -2.14. The van der Waals surface area contributed by atoms with Gasteiger partial charge in [0.15, 0.2) is 10.9 Å². The molecule has 1 fully saturated rings. The summed E-state index contributed by atoms with van der Waals surface area (Å²) in [5.74, 6) is 0.284. The van der Waals surface area contributed by atoms with Crippen molar-refractivity contribution in [2.75, 3.05) is 12.4 Å². The number of Topliss-reactive ketones (excluding diaryl/α,β-unsaturated/α-hetero) is 1. The Hall–Kier alpha value is -2.38. The fourth-order valence-electron chi connectivity index (χ4n) is 3.89. The molecule has 0 bridgehead atoms. The highest BCUT2D eigenvalue weighted by atomic mass is 32.2. The van der Waals surface area contributed by atoms with E-state index in [9.17, 15) is 9.59 Å². The quantitative estimate of drug-likeness (QED) is 0.353. The first-order valence-corrected chi connectivity index (χ1v) is 10.8. The Morgan fingerprint density at radius 2 is 2.10 bits per heavy atom. The SMILES string of the molecule is Cc1cc(C(=O)CSc2nc3ccccc3c(=O)n2C)c(C)n1C[C@@H]1CCCO1. The number of carbonyl (C=O) groups is 1. The molecule has 0 unspecified atom stereocenters. The standard InChI is InChI=1S/C22H25N3O3S/c1-14-11-18(15(2)25(14)12-16-7-6-10-28-16)20(26)13-29-22-23-19-9-5-4-8-17(19)21(27)24(22)3/h4-5,8-9,11,16H,6-7,10,12-13H2,1-3H3/t16-/m0/s1. The maximum Gasteiger partial charge on any atom is 0.261 e. The summed E-state index contributed by atoms with van der Waals surface area (Å²) in [4.78, 5) is 30.0. The van der Waals surface area contributed by atoms with Gasteiger partial charge in [0.2, 0.25) is 0 Å². The number of aromatic nitrogens is 3. The third kappa shape index (κ3) is 3.89. The van der Waals surface area contributed by atoms with Crippen molar-refractivity contribution in [1.82, 2.24) is 14.1 Å². The molecule has 7 heteroatoms. The molecule has 0 radical (unpaired) electrons. The van der Waals surface area contributed by atoms with Gasteiger partial charge >= 0.3 is 0 Å². The topological polar surface area (TPSA) is 66.1 Å². The van der Waals surface area contributed by atoms with Gasteiger partial charge in [-0.3, -0.25) is 14.2 Å². The number of ether oxygens (including phenoxy) is 1. The van der Waals surface area contributed by atoms with Crippen molar-refractivity contribution in [2.45, 2.75) is 44.5 Å². The van der Waals surface area contributed by atoms with Crippen LogP contribution in [0.1, 0.15) is 34.6 Å². The molecule has 0 spiro atoms. The molecule has 0 amide bonds. The second-order valence-electron chi connectivity index (χ2n) is 7.52. The highest BCUT2D eigenvalue weighted by Gasteiger charge is 2.21. The first kappa shape index (κ1) is 19.9. The molecule has 1 aliphatic rings. The van der Waals surface area contributed by atoms with Crippen LogP contribution in [-0.4, -0.2) is 38.4 Å². The minimum absolute atomic E-state index is 0.0455. The largest absolute Gasteiger partial charge is 0.376 e. The highest BCUT2D eigenvalue weighted by molar-refractivity contribution is 7.99. The number of benzene rings is 1. The lowest BCUT2D eigenvalue weighted by Crippen LogP contribution is -2.20. The van der Waals surface area contributed by atoms with E-state index in [1.807, 2.05) is 38.1 Å². The van der Waals surface area contributed by atoms with Crippen LogP contribution in [0.2, 0.25) is 0 Å². The van der Waals surface area contributed by atoms with Crippen molar-refractivity contribution < 1.29 is 9.53 Å². The molecular formula is C22H25N3O3S. The van der Waals surface area contributed by atoms with E-state index in [-0.39, 0.29) is 23.2 Å². The number of aryl methyl sites for hydroxylation is 1. The van der Waals surface area contributed by atoms with E-state index in [1.165, 1.54) is 16.3 Å². The molecule has 1 saturated heterocycles. The normalized spacial score (nSPS) is 16.6. The fraction of sp³-hybridized carbons (Fsp3) is 0.409. The number of nitrogens with zero attached hydrogens (tertiary/aromatic N) is 3. The van der Waals surface area contributed by atoms with Gasteiger partial charge in [-0.05, 0) is 44.9 Å². The maximum atomic E-state index is 12.9. The minimum atomic E-state index is -0.0970.